The Kier molecular flexibility index (Phi) is 4.94. The third kappa shape index (κ3) is 3.47. The van der Waals surface area contributed by atoms with Crippen molar-refractivity contribution in [3.8, 4) is 0 Å². The van der Waals surface area contributed by atoms with Crippen molar-refractivity contribution in [3.63, 3.8) is 0 Å². The molecule has 0 bridgehead atoms. The Labute approximate surface area is 120 Å². The summed E-state index contributed by atoms with van der Waals surface area (Å²) in [6.07, 6.45) is 6.91. The van der Waals surface area contributed by atoms with Crippen molar-refractivity contribution in [1.29, 1.82) is 5.41 Å². The molecule has 0 spiro atoms. The molecule has 0 saturated heterocycles. The fraction of sp³-hybridized carbons (Fsp3) is 0.278. The zero-order valence-corrected chi connectivity index (χ0v) is 12.2. The standard InChI is InChI=1S/C18H22N2/c1-3-8-17-15(4-2)13-16(20-18(17)19)12-11-14-9-6-5-7-10-14/h3,5-10,13H,4,11-12H2,1-2H3,(H2,19,20)/b8-3+. The van der Waals surface area contributed by atoms with Gasteiger partial charge in [0.25, 0.3) is 0 Å². The van der Waals surface area contributed by atoms with Crippen molar-refractivity contribution in [2.45, 2.75) is 33.1 Å². The highest BCUT2D eigenvalue weighted by atomic mass is 14.7. The summed E-state index contributed by atoms with van der Waals surface area (Å²) >= 11 is 0. The van der Waals surface area contributed by atoms with Gasteiger partial charge in [-0.3, -0.25) is 5.41 Å². The van der Waals surface area contributed by atoms with Crippen LogP contribution in [0.2, 0.25) is 0 Å². The Morgan fingerprint density at radius 3 is 2.55 bits per heavy atom. The highest BCUT2D eigenvalue weighted by Crippen LogP contribution is 2.11. The van der Waals surface area contributed by atoms with Crippen molar-refractivity contribution < 1.29 is 0 Å². The van der Waals surface area contributed by atoms with Crippen molar-refractivity contribution in [3.05, 3.63) is 70.3 Å². The van der Waals surface area contributed by atoms with Crippen molar-refractivity contribution in [2.24, 2.45) is 0 Å². The van der Waals surface area contributed by atoms with Gasteiger partial charge in [0.1, 0.15) is 5.49 Å². The number of nitrogens with one attached hydrogen (secondary N) is 2. The van der Waals surface area contributed by atoms with E-state index in [0.717, 1.165) is 30.5 Å². The van der Waals surface area contributed by atoms with E-state index in [9.17, 15) is 0 Å². The molecule has 2 rings (SSSR count). The molecule has 2 heteroatoms. The molecule has 2 nitrogen and oxygen atoms in total. The summed E-state index contributed by atoms with van der Waals surface area (Å²) in [5, 5.41) is 8.14. The summed E-state index contributed by atoms with van der Waals surface area (Å²) in [5.74, 6) is 0. The second-order valence-electron chi connectivity index (χ2n) is 4.95. The minimum atomic E-state index is 0.519. The van der Waals surface area contributed by atoms with Crippen molar-refractivity contribution in [1.82, 2.24) is 4.98 Å². The first-order chi connectivity index (χ1) is 9.74. The van der Waals surface area contributed by atoms with E-state index in [1.807, 2.05) is 25.1 Å². The predicted molar refractivity (Wildman–Crippen MR) is 84.6 cm³/mol. The van der Waals surface area contributed by atoms with Gasteiger partial charge in [0.2, 0.25) is 0 Å². The molecule has 0 aliphatic carbocycles. The van der Waals surface area contributed by atoms with Gasteiger partial charge in [0.15, 0.2) is 0 Å². The zero-order chi connectivity index (χ0) is 14.4. The molecule has 0 aliphatic heterocycles. The smallest absolute Gasteiger partial charge is 0.129 e. The van der Waals surface area contributed by atoms with Crippen LogP contribution >= 0.6 is 0 Å². The summed E-state index contributed by atoms with van der Waals surface area (Å²) in [4.78, 5) is 3.22. The molecule has 20 heavy (non-hydrogen) atoms. The minimum Gasteiger partial charge on any atom is -0.344 e. The van der Waals surface area contributed by atoms with E-state index >= 15 is 0 Å². The number of pyridine rings is 1. The summed E-state index contributed by atoms with van der Waals surface area (Å²) in [6, 6.07) is 12.7. The number of aryl methyl sites for hydroxylation is 3. The van der Waals surface area contributed by atoms with Gasteiger partial charge in [0, 0.05) is 11.3 Å². The molecule has 0 unspecified atom stereocenters. The minimum absolute atomic E-state index is 0.519. The van der Waals surface area contributed by atoms with Crippen LogP contribution in [0.3, 0.4) is 0 Å². The maximum atomic E-state index is 8.14. The molecule has 1 aromatic heterocycles. The molecule has 0 amide bonds. The van der Waals surface area contributed by atoms with E-state index < -0.39 is 0 Å². The average Bonchev–Trinajstić information content (AvgIpc) is 2.48. The molecule has 0 aliphatic rings. The molecular formula is C18H22N2. The molecule has 0 atom stereocenters. The maximum absolute atomic E-state index is 8.14. The number of hydrogen-bond donors (Lipinski definition) is 2. The topological polar surface area (TPSA) is 39.6 Å². The Morgan fingerprint density at radius 1 is 1.15 bits per heavy atom. The van der Waals surface area contributed by atoms with Crippen molar-refractivity contribution >= 4 is 6.08 Å². The lowest BCUT2D eigenvalue weighted by atomic mass is 10.0. The highest BCUT2D eigenvalue weighted by molar-refractivity contribution is 5.52. The lowest BCUT2D eigenvalue weighted by Crippen LogP contribution is -2.15. The lowest BCUT2D eigenvalue weighted by Gasteiger charge is -2.09. The predicted octanol–water partition coefficient (Wildman–Crippen LogP) is 3.87. The summed E-state index contributed by atoms with van der Waals surface area (Å²) in [6.45, 7) is 4.13. The van der Waals surface area contributed by atoms with Crippen LogP contribution in [-0.2, 0) is 19.3 Å². The fourth-order valence-corrected chi connectivity index (χ4v) is 2.42. The molecule has 104 valence electrons. The Morgan fingerprint density at radius 2 is 1.90 bits per heavy atom. The first kappa shape index (κ1) is 14.3. The van der Waals surface area contributed by atoms with Gasteiger partial charge < -0.3 is 4.98 Å². The van der Waals surface area contributed by atoms with Crippen LogP contribution in [0, 0.1) is 5.41 Å². The quantitative estimate of drug-likeness (QED) is 0.824. The first-order valence-corrected chi connectivity index (χ1v) is 7.21. The van der Waals surface area contributed by atoms with Crippen LogP contribution in [0.1, 0.15) is 36.2 Å². The molecule has 2 N–H and O–H groups in total. The Bertz CT molecular complexity index is 636. The molecule has 1 heterocycles. The maximum Gasteiger partial charge on any atom is 0.129 e. The van der Waals surface area contributed by atoms with Crippen molar-refractivity contribution in [2.75, 3.05) is 0 Å². The largest absolute Gasteiger partial charge is 0.344 e. The Hall–Kier alpha value is -2.09. The van der Waals surface area contributed by atoms with Crippen LogP contribution in [-0.4, -0.2) is 4.98 Å². The van der Waals surface area contributed by atoms with Gasteiger partial charge >= 0.3 is 0 Å². The number of benzene rings is 1. The SMILES string of the molecule is C/C=C/c1c(CC)cc(CCc2ccccc2)[nH]c1=N. The summed E-state index contributed by atoms with van der Waals surface area (Å²) < 4.78 is 0. The second-order valence-corrected chi connectivity index (χ2v) is 4.95. The highest BCUT2D eigenvalue weighted by Gasteiger charge is 2.04. The van der Waals surface area contributed by atoms with Crippen LogP contribution in [0.25, 0.3) is 6.08 Å². The number of hydrogen-bond acceptors (Lipinski definition) is 1. The second kappa shape index (κ2) is 6.90. The molecule has 1 aromatic carbocycles. The number of rotatable bonds is 5. The van der Waals surface area contributed by atoms with Gasteiger partial charge in [-0.15, -0.1) is 0 Å². The Balaban J connectivity index is 2.21. The van der Waals surface area contributed by atoms with E-state index in [2.05, 4.69) is 42.2 Å². The average molecular weight is 266 g/mol. The lowest BCUT2D eigenvalue weighted by molar-refractivity contribution is 0.876. The van der Waals surface area contributed by atoms with Crippen LogP contribution in [0.5, 0.6) is 0 Å². The third-order valence-electron chi connectivity index (χ3n) is 3.49. The van der Waals surface area contributed by atoms with Gasteiger partial charge in [-0.2, -0.15) is 0 Å². The van der Waals surface area contributed by atoms with Gasteiger partial charge in [-0.25, -0.2) is 0 Å². The number of aromatic nitrogens is 1. The third-order valence-corrected chi connectivity index (χ3v) is 3.49. The van der Waals surface area contributed by atoms with Crippen LogP contribution in [0.15, 0.2) is 42.5 Å². The van der Waals surface area contributed by atoms with E-state index in [4.69, 9.17) is 5.41 Å². The van der Waals surface area contributed by atoms with E-state index in [1.54, 1.807) is 0 Å². The monoisotopic (exact) mass is 266 g/mol. The molecule has 0 fully saturated rings. The van der Waals surface area contributed by atoms with E-state index in [1.165, 1.54) is 11.1 Å². The summed E-state index contributed by atoms with van der Waals surface area (Å²) in [5.41, 5.74) is 5.26. The summed E-state index contributed by atoms with van der Waals surface area (Å²) in [7, 11) is 0. The number of aromatic amines is 1. The van der Waals surface area contributed by atoms with E-state index in [0.29, 0.717) is 5.49 Å². The number of H-pyrrole nitrogens is 1. The molecular weight excluding hydrogens is 244 g/mol. The van der Waals surface area contributed by atoms with Crippen LogP contribution < -0.4 is 5.49 Å². The van der Waals surface area contributed by atoms with Gasteiger partial charge in [-0.1, -0.05) is 49.4 Å². The van der Waals surface area contributed by atoms with Crippen LogP contribution in [0.4, 0.5) is 0 Å². The fourth-order valence-electron chi connectivity index (χ4n) is 2.42. The zero-order valence-electron chi connectivity index (χ0n) is 12.2. The first-order valence-electron chi connectivity index (χ1n) is 7.21. The normalized spacial score (nSPS) is 11.1. The molecule has 2 aromatic rings. The molecule has 0 radical (unpaired) electrons. The molecule has 0 saturated carbocycles. The van der Waals surface area contributed by atoms with E-state index in [-0.39, 0.29) is 0 Å². The number of allylic oxidation sites excluding steroid dienone is 1. The van der Waals surface area contributed by atoms with Gasteiger partial charge in [-0.05, 0) is 43.4 Å². The van der Waals surface area contributed by atoms with Gasteiger partial charge in [0.05, 0.1) is 0 Å².